The molecular formula is C16H18N8O. The Hall–Kier alpha value is -3.07. The minimum atomic E-state index is -0.407. The van der Waals surface area contributed by atoms with Gasteiger partial charge in [0.15, 0.2) is 5.82 Å². The van der Waals surface area contributed by atoms with Crippen LogP contribution in [-0.4, -0.2) is 49.1 Å². The first kappa shape index (κ1) is 15.5. The number of hydrogen-bond donors (Lipinski definition) is 4. The highest BCUT2D eigenvalue weighted by molar-refractivity contribution is 5.83. The van der Waals surface area contributed by atoms with Crippen molar-refractivity contribution in [1.29, 1.82) is 0 Å². The zero-order valence-electron chi connectivity index (χ0n) is 13.5. The van der Waals surface area contributed by atoms with Gasteiger partial charge in [-0.15, -0.1) is 0 Å². The van der Waals surface area contributed by atoms with E-state index in [2.05, 4.69) is 40.8 Å². The van der Waals surface area contributed by atoms with Gasteiger partial charge >= 0.3 is 0 Å². The molecule has 0 radical (unpaired) electrons. The minimum absolute atomic E-state index is 0.0833. The smallest absolute Gasteiger partial charge is 0.243 e. The highest BCUT2D eigenvalue weighted by atomic mass is 16.2. The monoisotopic (exact) mass is 338 g/mol. The van der Waals surface area contributed by atoms with Crippen LogP contribution in [0.4, 0.5) is 0 Å². The van der Waals surface area contributed by atoms with Gasteiger partial charge < -0.3 is 15.6 Å². The van der Waals surface area contributed by atoms with Crippen LogP contribution in [0.5, 0.6) is 0 Å². The van der Waals surface area contributed by atoms with Crippen molar-refractivity contribution < 1.29 is 4.79 Å². The van der Waals surface area contributed by atoms with Crippen LogP contribution < -0.4 is 10.6 Å². The fourth-order valence-electron chi connectivity index (χ4n) is 2.87. The molecule has 1 aliphatic heterocycles. The van der Waals surface area contributed by atoms with E-state index in [1.807, 2.05) is 12.1 Å². The Labute approximate surface area is 143 Å². The highest BCUT2D eigenvalue weighted by Crippen LogP contribution is 2.19. The number of nitrogens with zero attached hydrogens (tertiary/aromatic N) is 4. The van der Waals surface area contributed by atoms with Crippen LogP contribution in [0.15, 0.2) is 30.9 Å². The van der Waals surface area contributed by atoms with Gasteiger partial charge in [-0.2, -0.15) is 5.10 Å². The van der Waals surface area contributed by atoms with E-state index in [1.165, 1.54) is 0 Å². The number of H-pyrrole nitrogens is 2. The molecule has 25 heavy (non-hydrogen) atoms. The quantitative estimate of drug-likeness (QED) is 0.524. The number of amides is 1. The van der Waals surface area contributed by atoms with Crippen molar-refractivity contribution in [3.8, 4) is 11.4 Å². The fourth-order valence-corrected chi connectivity index (χ4v) is 2.87. The summed E-state index contributed by atoms with van der Waals surface area (Å²) in [5.74, 6) is 1.24. The van der Waals surface area contributed by atoms with Crippen molar-refractivity contribution in [1.82, 2.24) is 40.8 Å². The number of carbonyl (C=O) groups is 1. The zero-order chi connectivity index (χ0) is 17.1. The van der Waals surface area contributed by atoms with Gasteiger partial charge in [0, 0.05) is 49.6 Å². The van der Waals surface area contributed by atoms with Gasteiger partial charge in [-0.05, 0) is 12.1 Å². The van der Waals surface area contributed by atoms with E-state index in [0.29, 0.717) is 18.8 Å². The van der Waals surface area contributed by atoms with Crippen molar-refractivity contribution in [2.45, 2.75) is 18.9 Å². The van der Waals surface area contributed by atoms with Crippen molar-refractivity contribution in [2.24, 2.45) is 0 Å². The number of hydrogen-bond acceptors (Lipinski definition) is 6. The SMILES string of the molecule is O=C(NCCc1nc(-c2cccnc2)n[nH]1)C1NCCc2[nH]cnc21. The third-order valence-electron chi connectivity index (χ3n) is 4.12. The third-order valence-corrected chi connectivity index (χ3v) is 4.12. The lowest BCUT2D eigenvalue weighted by atomic mass is 10.1. The van der Waals surface area contributed by atoms with Crippen molar-refractivity contribution in [3.05, 3.63) is 48.1 Å². The summed E-state index contributed by atoms with van der Waals surface area (Å²) < 4.78 is 0. The molecule has 9 heteroatoms. The number of fused-ring (bicyclic) bond motifs is 1. The van der Waals surface area contributed by atoms with Gasteiger partial charge in [-0.3, -0.25) is 14.9 Å². The summed E-state index contributed by atoms with van der Waals surface area (Å²) in [6.45, 7) is 1.22. The average molecular weight is 338 g/mol. The molecule has 0 aliphatic carbocycles. The van der Waals surface area contributed by atoms with E-state index < -0.39 is 6.04 Å². The molecule has 3 aromatic rings. The predicted octanol–water partition coefficient (Wildman–Crippen LogP) is 0.136. The van der Waals surface area contributed by atoms with Crippen LogP contribution in [0.1, 0.15) is 23.3 Å². The standard InChI is InChI=1S/C16H18N8O/c25-16(14-13-11(3-6-18-14)20-9-21-13)19-7-4-12-22-15(24-23-12)10-2-1-5-17-8-10/h1-2,5,8-9,14,18H,3-4,6-7H2,(H,19,25)(H,20,21)(H,22,23,24). The lowest BCUT2D eigenvalue weighted by Gasteiger charge is -2.22. The summed E-state index contributed by atoms with van der Waals surface area (Å²) in [4.78, 5) is 28.2. The van der Waals surface area contributed by atoms with Crippen LogP contribution in [0.2, 0.25) is 0 Å². The number of imidazole rings is 1. The van der Waals surface area contributed by atoms with Gasteiger partial charge in [0.2, 0.25) is 5.91 Å². The Morgan fingerprint density at radius 3 is 3.24 bits per heavy atom. The van der Waals surface area contributed by atoms with Crippen LogP contribution in [0, 0.1) is 0 Å². The van der Waals surface area contributed by atoms with Gasteiger partial charge in [-0.25, -0.2) is 9.97 Å². The number of rotatable bonds is 5. The maximum Gasteiger partial charge on any atom is 0.243 e. The van der Waals surface area contributed by atoms with E-state index in [9.17, 15) is 4.79 Å². The number of carbonyl (C=O) groups excluding carboxylic acids is 1. The lowest BCUT2D eigenvalue weighted by Crippen LogP contribution is -2.42. The third kappa shape index (κ3) is 3.26. The summed E-state index contributed by atoms with van der Waals surface area (Å²) in [5.41, 5.74) is 2.66. The molecule has 128 valence electrons. The average Bonchev–Trinajstić information content (AvgIpc) is 3.31. The largest absolute Gasteiger partial charge is 0.354 e. The van der Waals surface area contributed by atoms with E-state index in [-0.39, 0.29) is 5.91 Å². The van der Waals surface area contributed by atoms with Crippen molar-refractivity contribution in [2.75, 3.05) is 13.1 Å². The molecule has 4 heterocycles. The second-order valence-electron chi connectivity index (χ2n) is 5.79. The Balaban J connectivity index is 1.33. The van der Waals surface area contributed by atoms with Crippen LogP contribution >= 0.6 is 0 Å². The molecule has 0 spiro atoms. The van der Waals surface area contributed by atoms with Gasteiger partial charge in [0.05, 0.1) is 12.0 Å². The van der Waals surface area contributed by atoms with Gasteiger partial charge in [0.1, 0.15) is 11.9 Å². The Bertz CT molecular complexity index is 856. The van der Waals surface area contributed by atoms with Gasteiger partial charge in [-0.1, -0.05) is 0 Å². The molecule has 0 fully saturated rings. The lowest BCUT2D eigenvalue weighted by molar-refractivity contribution is -0.123. The summed E-state index contributed by atoms with van der Waals surface area (Å²) in [5, 5.41) is 13.2. The van der Waals surface area contributed by atoms with E-state index in [1.54, 1.807) is 18.7 Å². The maximum atomic E-state index is 12.4. The molecule has 0 bridgehead atoms. The number of aromatic amines is 2. The predicted molar refractivity (Wildman–Crippen MR) is 89.4 cm³/mol. The normalized spacial score (nSPS) is 16.4. The molecule has 0 saturated carbocycles. The first-order chi connectivity index (χ1) is 12.3. The molecule has 0 saturated heterocycles. The van der Waals surface area contributed by atoms with Crippen molar-refractivity contribution >= 4 is 5.91 Å². The van der Waals surface area contributed by atoms with E-state index in [4.69, 9.17) is 0 Å². The Morgan fingerprint density at radius 1 is 1.40 bits per heavy atom. The van der Waals surface area contributed by atoms with Crippen LogP contribution in [0.3, 0.4) is 0 Å². The van der Waals surface area contributed by atoms with Crippen molar-refractivity contribution in [3.63, 3.8) is 0 Å². The molecule has 1 aliphatic rings. The Kier molecular flexibility index (Phi) is 4.21. The first-order valence-electron chi connectivity index (χ1n) is 8.16. The fraction of sp³-hybridized carbons (Fsp3) is 0.312. The Morgan fingerprint density at radius 2 is 2.36 bits per heavy atom. The molecule has 0 aromatic carbocycles. The first-order valence-corrected chi connectivity index (χ1v) is 8.16. The molecular weight excluding hydrogens is 320 g/mol. The number of pyridine rings is 1. The molecule has 1 unspecified atom stereocenters. The topological polar surface area (TPSA) is 124 Å². The van der Waals surface area contributed by atoms with Gasteiger partial charge in [0.25, 0.3) is 0 Å². The van der Waals surface area contributed by atoms with E-state index in [0.717, 1.165) is 35.7 Å². The summed E-state index contributed by atoms with van der Waals surface area (Å²) in [6.07, 6.45) is 6.47. The molecule has 3 aromatic heterocycles. The molecule has 1 atom stereocenters. The molecule has 9 nitrogen and oxygen atoms in total. The maximum absolute atomic E-state index is 12.4. The molecule has 1 amide bonds. The van der Waals surface area contributed by atoms with Crippen LogP contribution in [0.25, 0.3) is 11.4 Å². The highest BCUT2D eigenvalue weighted by Gasteiger charge is 2.28. The summed E-state index contributed by atoms with van der Waals surface area (Å²) in [6, 6.07) is 3.33. The molecule has 4 N–H and O–H groups in total. The summed E-state index contributed by atoms with van der Waals surface area (Å²) in [7, 11) is 0. The second-order valence-corrected chi connectivity index (χ2v) is 5.79. The summed E-state index contributed by atoms with van der Waals surface area (Å²) >= 11 is 0. The number of nitrogens with one attached hydrogen (secondary N) is 4. The second kappa shape index (κ2) is 6.81. The minimum Gasteiger partial charge on any atom is -0.354 e. The zero-order valence-corrected chi connectivity index (χ0v) is 13.5. The van der Waals surface area contributed by atoms with E-state index >= 15 is 0 Å². The number of aromatic nitrogens is 6. The molecule has 4 rings (SSSR count). The van der Waals surface area contributed by atoms with Crippen LogP contribution in [-0.2, 0) is 17.6 Å².